The van der Waals surface area contributed by atoms with Crippen molar-refractivity contribution in [2.45, 2.75) is 19.8 Å². The van der Waals surface area contributed by atoms with Crippen molar-refractivity contribution in [1.82, 2.24) is 4.90 Å². The maximum atomic E-state index is 12.2. The number of rotatable bonds is 3. The summed E-state index contributed by atoms with van der Waals surface area (Å²) in [6.07, 6.45) is 1.10. The largest absolute Gasteiger partial charge is 0.481 e. The third-order valence-electron chi connectivity index (χ3n) is 3.79. The minimum atomic E-state index is -0.798. The molecule has 1 aliphatic heterocycles. The number of carboxylic acid groups (broad SMARTS) is 1. The summed E-state index contributed by atoms with van der Waals surface area (Å²) in [5, 5.41) is 9.30. The Morgan fingerprint density at radius 2 is 2.00 bits per heavy atom. The summed E-state index contributed by atoms with van der Waals surface area (Å²) >= 11 is 0. The quantitative estimate of drug-likeness (QED) is 0.889. The van der Waals surface area contributed by atoms with Gasteiger partial charge in [-0.3, -0.25) is 9.59 Å². The first kappa shape index (κ1) is 12.6. The van der Waals surface area contributed by atoms with Gasteiger partial charge in [0.05, 0.1) is 5.41 Å². The fourth-order valence-electron chi connectivity index (χ4n) is 2.42. The lowest BCUT2D eigenvalue weighted by atomic mass is 9.84. The van der Waals surface area contributed by atoms with Crippen molar-refractivity contribution in [2.75, 3.05) is 13.1 Å². The SMILES string of the molecule is CCC1(C(=O)O)CCN(C(=O)c2ccccc2)C1. The maximum Gasteiger partial charge on any atom is 0.311 e. The van der Waals surface area contributed by atoms with Crippen LogP contribution in [0.15, 0.2) is 30.3 Å². The molecule has 1 heterocycles. The monoisotopic (exact) mass is 247 g/mol. The van der Waals surface area contributed by atoms with E-state index in [1.807, 2.05) is 25.1 Å². The van der Waals surface area contributed by atoms with Gasteiger partial charge in [0, 0.05) is 18.7 Å². The van der Waals surface area contributed by atoms with Gasteiger partial charge in [-0.05, 0) is 25.0 Å². The van der Waals surface area contributed by atoms with E-state index in [0.717, 1.165) is 0 Å². The van der Waals surface area contributed by atoms with Crippen LogP contribution in [-0.2, 0) is 4.79 Å². The number of nitrogens with zero attached hydrogens (tertiary/aromatic N) is 1. The van der Waals surface area contributed by atoms with Gasteiger partial charge in [0.15, 0.2) is 0 Å². The number of carbonyl (C=O) groups is 2. The van der Waals surface area contributed by atoms with Crippen LogP contribution in [0.25, 0.3) is 0 Å². The number of carboxylic acids is 1. The predicted molar refractivity (Wildman–Crippen MR) is 67.3 cm³/mol. The molecule has 0 spiro atoms. The molecule has 0 aromatic heterocycles. The molecule has 1 aromatic carbocycles. The molecule has 1 unspecified atom stereocenters. The van der Waals surface area contributed by atoms with Crippen LogP contribution in [0.1, 0.15) is 30.1 Å². The third kappa shape index (κ3) is 2.10. The average molecular weight is 247 g/mol. The number of carbonyl (C=O) groups excluding carboxylic acids is 1. The van der Waals surface area contributed by atoms with E-state index in [0.29, 0.717) is 31.5 Å². The van der Waals surface area contributed by atoms with E-state index < -0.39 is 11.4 Å². The zero-order valence-electron chi connectivity index (χ0n) is 10.4. The molecule has 1 amide bonds. The Bertz CT molecular complexity index is 457. The van der Waals surface area contributed by atoms with Gasteiger partial charge in [0.1, 0.15) is 0 Å². The summed E-state index contributed by atoms with van der Waals surface area (Å²) in [7, 11) is 0. The predicted octanol–water partition coefficient (Wildman–Crippen LogP) is 2.01. The minimum absolute atomic E-state index is 0.0767. The van der Waals surface area contributed by atoms with Crippen molar-refractivity contribution in [1.29, 1.82) is 0 Å². The molecular weight excluding hydrogens is 230 g/mol. The van der Waals surface area contributed by atoms with E-state index in [9.17, 15) is 14.7 Å². The van der Waals surface area contributed by atoms with E-state index in [-0.39, 0.29) is 5.91 Å². The van der Waals surface area contributed by atoms with Gasteiger partial charge in [-0.15, -0.1) is 0 Å². The zero-order chi connectivity index (χ0) is 13.2. The molecule has 1 aliphatic rings. The van der Waals surface area contributed by atoms with Crippen molar-refractivity contribution in [3.8, 4) is 0 Å². The minimum Gasteiger partial charge on any atom is -0.481 e. The van der Waals surface area contributed by atoms with Crippen LogP contribution in [0.3, 0.4) is 0 Å². The lowest BCUT2D eigenvalue weighted by molar-refractivity contribution is -0.148. The Hall–Kier alpha value is -1.84. The highest BCUT2D eigenvalue weighted by atomic mass is 16.4. The number of amides is 1. The van der Waals surface area contributed by atoms with Crippen molar-refractivity contribution < 1.29 is 14.7 Å². The van der Waals surface area contributed by atoms with Gasteiger partial charge in [-0.1, -0.05) is 25.1 Å². The number of hydrogen-bond donors (Lipinski definition) is 1. The van der Waals surface area contributed by atoms with E-state index in [1.54, 1.807) is 17.0 Å². The zero-order valence-corrected chi connectivity index (χ0v) is 10.4. The second-order valence-corrected chi connectivity index (χ2v) is 4.78. The Labute approximate surface area is 106 Å². The normalized spacial score (nSPS) is 23.1. The van der Waals surface area contributed by atoms with Gasteiger partial charge in [-0.25, -0.2) is 0 Å². The Morgan fingerprint density at radius 3 is 2.50 bits per heavy atom. The van der Waals surface area contributed by atoms with E-state index in [2.05, 4.69) is 0 Å². The van der Waals surface area contributed by atoms with Gasteiger partial charge in [0.25, 0.3) is 5.91 Å². The van der Waals surface area contributed by atoms with Crippen LogP contribution in [0, 0.1) is 5.41 Å². The fourth-order valence-corrected chi connectivity index (χ4v) is 2.42. The first-order valence-electron chi connectivity index (χ1n) is 6.17. The molecule has 96 valence electrons. The van der Waals surface area contributed by atoms with Crippen LogP contribution < -0.4 is 0 Å². The van der Waals surface area contributed by atoms with Gasteiger partial charge in [-0.2, -0.15) is 0 Å². The number of likely N-dealkylation sites (tertiary alicyclic amines) is 1. The van der Waals surface area contributed by atoms with Crippen molar-refractivity contribution >= 4 is 11.9 Å². The van der Waals surface area contributed by atoms with Gasteiger partial charge in [0.2, 0.25) is 0 Å². The average Bonchev–Trinajstić information content (AvgIpc) is 2.84. The fraction of sp³-hybridized carbons (Fsp3) is 0.429. The Morgan fingerprint density at radius 1 is 1.33 bits per heavy atom. The van der Waals surface area contributed by atoms with Crippen molar-refractivity contribution in [3.05, 3.63) is 35.9 Å². The van der Waals surface area contributed by atoms with Crippen LogP contribution in [0.5, 0.6) is 0 Å². The third-order valence-corrected chi connectivity index (χ3v) is 3.79. The summed E-state index contributed by atoms with van der Waals surface area (Å²) in [4.78, 5) is 25.2. The summed E-state index contributed by atoms with van der Waals surface area (Å²) in [6.45, 7) is 2.70. The Balaban J connectivity index is 2.14. The molecule has 4 heteroatoms. The van der Waals surface area contributed by atoms with Crippen molar-refractivity contribution in [2.24, 2.45) is 5.41 Å². The summed E-state index contributed by atoms with van der Waals surface area (Å²) in [5.74, 6) is -0.875. The molecule has 1 atom stereocenters. The number of benzene rings is 1. The lowest BCUT2D eigenvalue weighted by Crippen LogP contribution is -2.36. The molecule has 1 N–H and O–H groups in total. The van der Waals surface area contributed by atoms with E-state index >= 15 is 0 Å². The summed E-state index contributed by atoms with van der Waals surface area (Å²) in [6, 6.07) is 9.00. The standard InChI is InChI=1S/C14H17NO3/c1-2-14(13(17)18)8-9-15(10-14)12(16)11-6-4-3-5-7-11/h3-7H,2,8-10H2,1H3,(H,17,18). The second kappa shape index (κ2) is 4.80. The molecule has 1 saturated heterocycles. The van der Waals surface area contributed by atoms with Gasteiger partial charge >= 0.3 is 5.97 Å². The smallest absolute Gasteiger partial charge is 0.311 e. The van der Waals surface area contributed by atoms with Crippen molar-refractivity contribution in [3.63, 3.8) is 0 Å². The summed E-state index contributed by atoms with van der Waals surface area (Å²) < 4.78 is 0. The first-order valence-corrected chi connectivity index (χ1v) is 6.17. The van der Waals surface area contributed by atoms with Gasteiger partial charge < -0.3 is 10.0 Å². The van der Waals surface area contributed by atoms with Crippen LogP contribution >= 0.6 is 0 Å². The molecule has 2 rings (SSSR count). The molecule has 18 heavy (non-hydrogen) atoms. The lowest BCUT2D eigenvalue weighted by Gasteiger charge is -2.23. The van der Waals surface area contributed by atoms with E-state index in [4.69, 9.17) is 0 Å². The van der Waals surface area contributed by atoms with Crippen LogP contribution in [0.4, 0.5) is 0 Å². The number of aliphatic carboxylic acids is 1. The highest BCUT2D eigenvalue weighted by molar-refractivity contribution is 5.95. The molecule has 1 fully saturated rings. The molecular formula is C14H17NO3. The highest BCUT2D eigenvalue weighted by Crippen LogP contribution is 2.34. The second-order valence-electron chi connectivity index (χ2n) is 4.78. The molecule has 0 bridgehead atoms. The van der Waals surface area contributed by atoms with Crippen LogP contribution in [0.2, 0.25) is 0 Å². The molecule has 0 saturated carbocycles. The molecule has 1 aromatic rings. The first-order chi connectivity index (χ1) is 8.59. The highest BCUT2D eigenvalue weighted by Gasteiger charge is 2.44. The molecule has 0 radical (unpaired) electrons. The molecule has 0 aliphatic carbocycles. The maximum absolute atomic E-state index is 12.2. The number of hydrogen-bond acceptors (Lipinski definition) is 2. The summed E-state index contributed by atoms with van der Waals surface area (Å²) in [5.41, 5.74) is -0.139. The Kier molecular flexibility index (Phi) is 3.36. The topological polar surface area (TPSA) is 57.6 Å². The van der Waals surface area contributed by atoms with Crippen LogP contribution in [-0.4, -0.2) is 35.0 Å². The van der Waals surface area contributed by atoms with E-state index in [1.165, 1.54) is 0 Å². The molecule has 4 nitrogen and oxygen atoms in total.